The summed E-state index contributed by atoms with van der Waals surface area (Å²) in [5, 5.41) is 13.5. The van der Waals surface area contributed by atoms with Gasteiger partial charge in [-0.25, -0.2) is 0 Å². The molecule has 0 aliphatic heterocycles. The number of aryl methyl sites for hydroxylation is 2. The Kier molecular flexibility index (Phi) is 3.44. The number of ether oxygens (including phenoxy) is 1. The van der Waals surface area contributed by atoms with E-state index in [0.717, 1.165) is 0 Å². The highest BCUT2D eigenvalue weighted by Crippen LogP contribution is 2.34. The number of carbonyl (C=O) groups excluding carboxylic acids is 1. The average molecular weight is 270 g/mol. The molecule has 0 aliphatic rings. The van der Waals surface area contributed by atoms with Gasteiger partial charge in [-0.2, -0.15) is 10.4 Å². The third kappa shape index (κ3) is 2.10. The zero-order chi connectivity index (χ0) is 14.9. The smallest absolute Gasteiger partial charge is 0.248 e. The highest BCUT2D eigenvalue weighted by Gasteiger charge is 2.19. The first-order valence-electron chi connectivity index (χ1n) is 5.91. The molecule has 0 aliphatic carbocycles. The normalized spacial score (nSPS) is 10.1. The lowest BCUT2D eigenvalue weighted by Gasteiger charge is -2.09. The summed E-state index contributed by atoms with van der Waals surface area (Å²) in [6, 6.07) is 7.00. The minimum atomic E-state index is -0.529. The van der Waals surface area contributed by atoms with Crippen LogP contribution in [0.3, 0.4) is 0 Å². The molecule has 1 amide bonds. The number of primary amides is 1. The van der Waals surface area contributed by atoms with Crippen molar-refractivity contribution in [3.63, 3.8) is 0 Å². The van der Waals surface area contributed by atoms with Crippen molar-refractivity contribution in [3.05, 3.63) is 35.2 Å². The molecule has 1 aromatic heterocycles. The molecule has 0 unspecified atom stereocenters. The van der Waals surface area contributed by atoms with Crippen molar-refractivity contribution in [1.82, 2.24) is 9.78 Å². The standard InChI is InChI=1S/C14H14N4O2/c1-8-13(11(7-15)18(2)17-8)10-5-4-9(14(16)19)6-12(10)20-3/h4-6H,1-3H3,(H2,16,19). The molecule has 0 atom stereocenters. The number of hydrogen-bond acceptors (Lipinski definition) is 4. The lowest BCUT2D eigenvalue weighted by atomic mass is 10.0. The monoisotopic (exact) mass is 270 g/mol. The van der Waals surface area contributed by atoms with Crippen LogP contribution < -0.4 is 10.5 Å². The van der Waals surface area contributed by atoms with E-state index in [2.05, 4.69) is 11.2 Å². The maximum atomic E-state index is 11.2. The molecule has 102 valence electrons. The van der Waals surface area contributed by atoms with Crippen molar-refractivity contribution < 1.29 is 9.53 Å². The number of amides is 1. The Morgan fingerprint density at radius 1 is 1.50 bits per heavy atom. The van der Waals surface area contributed by atoms with Gasteiger partial charge in [0.15, 0.2) is 0 Å². The summed E-state index contributed by atoms with van der Waals surface area (Å²) in [4.78, 5) is 11.2. The molecule has 0 saturated heterocycles. The lowest BCUT2D eigenvalue weighted by Crippen LogP contribution is -2.11. The Labute approximate surface area is 116 Å². The van der Waals surface area contributed by atoms with Crippen molar-refractivity contribution in [2.75, 3.05) is 7.11 Å². The van der Waals surface area contributed by atoms with E-state index < -0.39 is 5.91 Å². The third-order valence-corrected chi connectivity index (χ3v) is 3.08. The third-order valence-electron chi connectivity index (χ3n) is 3.08. The lowest BCUT2D eigenvalue weighted by molar-refractivity contribution is 0.1000. The van der Waals surface area contributed by atoms with Crippen LogP contribution in [-0.2, 0) is 7.05 Å². The van der Waals surface area contributed by atoms with Crippen LogP contribution in [0.4, 0.5) is 0 Å². The van der Waals surface area contributed by atoms with Crippen molar-refractivity contribution in [3.8, 4) is 22.9 Å². The Bertz CT molecular complexity index is 726. The second-order valence-corrected chi connectivity index (χ2v) is 4.32. The number of aromatic nitrogens is 2. The Morgan fingerprint density at radius 2 is 2.20 bits per heavy atom. The number of nitriles is 1. The molecule has 1 heterocycles. The van der Waals surface area contributed by atoms with E-state index in [1.807, 2.05) is 6.92 Å². The van der Waals surface area contributed by atoms with Gasteiger partial charge in [-0.1, -0.05) is 0 Å². The van der Waals surface area contributed by atoms with Crippen LogP contribution in [0, 0.1) is 18.3 Å². The summed E-state index contributed by atoms with van der Waals surface area (Å²) in [6.45, 7) is 1.82. The fraction of sp³-hybridized carbons (Fsp3) is 0.214. The van der Waals surface area contributed by atoms with Gasteiger partial charge in [0, 0.05) is 23.7 Å². The minimum absolute atomic E-state index is 0.352. The van der Waals surface area contributed by atoms with E-state index in [9.17, 15) is 10.1 Å². The SMILES string of the molecule is COc1cc(C(N)=O)ccc1-c1c(C)nn(C)c1C#N. The highest BCUT2D eigenvalue weighted by molar-refractivity contribution is 5.94. The molecule has 2 rings (SSSR count). The predicted octanol–water partition coefficient (Wildman–Crippen LogP) is 1.37. The summed E-state index contributed by atoms with van der Waals surface area (Å²) in [5.41, 5.74) is 8.16. The van der Waals surface area contributed by atoms with Gasteiger partial charge in [0.25, 0.3) is 0 Å². The van der Waals surface area contributed by atoms with Crippen LogP contribution in [0.2, 0.25) is 0 Å². The summed E-state index contributed by atoms with van der Waals surface area (Å²) in [7, 11) is 3.21. The zero-order valence-electron chi connectivity index (χ0n) is 11.5. The molecule has 0 saturated carbocycles. The van der Waals surface area contributed by atoms with Crippen molar-refractivity contribution in [1.29, 1.82) is 5.26 Å². The van der Waals surface area contributed by atoms with Crippen molar-refractivity contribution in [2.45, 2.75) is 6.92 Å². The van der Waals surface area contributed by atoms with Gasteiger partial charge in [-0.15, -0.1) is 0 Å². The Balaban J connectivity index is 2.71. The molecule has 6 heteroatoms. The average Bonchev–Trinajstić information content (AvgIpc) is 2.71. The molecule has 1 aromatic carbocycles. The van der Waals surface area contributed by atoms with Crippen LogP contribution in [0.15, 0.2) is 18.2 Å². The number of hydrogen-bond donors (Lipinski definition) is 1. The van der Waals surface area contributed by atoms with Crippen molar-refractivity contribution >= 4 is 5.91 Å². The van der Waals surface area contributed by atoms with Gasteiger partial charge < -0.3 is 10.5 Å². The van der Waals surface area contributed by atoms with Gasteiger partial charge >= 0.3 is 0 Å². The molecule has 2 aromatic rings. The molecule has 0 spiro atoms. The number of carbonyl (C=O) groups is 1. The maximum absolute atomic E-state index is 11.2. The molecule has 0 radical (unpaired) electrons. The summed E-state index contributed by atoms with van der Waals surface area (Å²) in [6.07, 6.45) is 0. The van der Waals surface area contributed by atoms with Gasteiger partial charge in [0.2, 0.25) is 5.91 Å². The Morgan fingerprint density at radius 3 is 2.75 bits per heavy atom. The number of rotatable bonds is 3. The first-order valence-corrected chi connectivity index (χ1v) is 5.91. The minimum Gasteiger partial charge on any atom is -0.496 e. The summed E-state index contributed by atoms with van der Waals surface area (Å²) < 4.78 is 6.82. The largest absolute Gasteiger partial charge is 0.496 e. The topological polar surface area (TPSA) is 93.9 Å². The molecule has 0 bridgehead atoms. The molecule has 2 N–H and O–H groups in total. The summed E-state index contributed by atoms with van der Waals surface area (Å²) in [5.74, 6) is -0.0489. The maximum Gasteiger partial charge on any atom is 0.248 e. The van der Waals surface area contributed by atoms with E-state index in [0.29, 0.717) is 33.8 Å². The van der Waals surface area contributed by atoms with Crippen molar-refractivity contribution in [2.24, 2.45) is 12.8 Å². The number of methoxy groups -OCH3 is 1. The van der Waals surface area contributed by atoms with Crippen LogP contribution in [0.5, 0.6) is 5.75 Å². The predicted molar refractivity (Wildman–Crippen MR) is 73.2 cm³/mol. The van der Waals surface area contributed by atoms with Crippen LogP contribution >= 0.6 is 0 Å². The molecule has 20 heavy (non-hydrogen) atoms. The first-order chi connectivity index (χ1) is 9.49. The van der Waals surface area contributed by atoms with E-state index >= 15 is 0 Å². The summed E-state index contributed by atoms with van der Waals surface area (Å²) >= 11 is 0. The highest BCUT2D eigenvalue weighted by atomic mass is 16.5. The van der Waals surface area contributed by atoms with Gasteiger partial charge in [0.05, 0.1) is 12.8 Å². The van der Waals surface area contributed by atoms with E-state index in [-0.39, 0.29) is 0 Å². The van der Waals surface area contributed by atoms with Crippen LogP contribution in [-0.4, -0.2) is 22.8 Å². The number of benzene rings is 1. The number of nitrogens with two attached hydrogens (primary N) is 1. The molecule has 0 fully saturated rings. The second-order valence-electron chi connectivity index (χ2n) is 4.32. The molecular formula is C14H14N4O2. The quantitative estimate of drug-likeness (QED) is 0.911. The van der Waals surface area contributed by atoms with E-state index in [4.69, 9.17) is 10.5 Å². The van der Waals surface area contributed by atoms with E-state index in [1.54, 1.807) is 25.2 Å². The van der Waals surface area contributed by atoms with Crippen LogP contribution in [0.1, 0.15) is 21.7 Å². The molecule has 6 nitrogen and oxygen atoms in total. The second kappa shape index (κ2) is 5.05. The van der Waals surface area contributed by atoms with Gasteiger partial charge in [0.1, 0.15) is 17.5 Å². The van der Waals surface area contributed by atoms with E-state index in [1.165, 1.54) is 11.8 Å². The van der Waals surface area contributed by atoms with Gasteiger partial charge in [-0.3, -0.25) is 9.48 Å². The fourth-order valence-corrected chi connectivity index (χ4v) is 2.16. The first kappa shape index (κ1) is 13.6. The Hall–Kier alpha value is -2.81. The molecular weight excluding hydrogens is 256 g/mol. The number of nitrogens with zero attached hydrogens (tertiary/aromatic N) is 3. The van der Waals surface area contributed by atoms with Gasteiger partial charge in [-0.05, 0) is 25.1 Å². The fourth-order valence-electron chi connectivity index (χ4n) is 2.16. The van der Waals surface area contributed by atoms with Crippen LogP contribution in [0.25, 0.3) is 11.1 Å². The zero-order valence-corrected chi connectivity index (χ0v) is 11.5.